The van der Waals surface area contributed by atoms with Gasteiger partial charge in [0.2, 0.25) is 0 Å². The molecule has 0 unspecified atom stereocenters. The topological polar surface area (TPSA) is 102 Å². The van der Waals surface area contributed by atoms with E-state index >= 15 is 0 Å². The van der Waals surface area contributed by atoms with E-state index in [9.17, 15) is 4.79 Å². The van der Waals surface area contributed by atoms with Crippen LogP contribution in [-0.2, 0) is 13.0 Å². The van der Waals surface area contributed by atoms with Crippen LogP contribution >= 0.6 is 0 Å². The van der Waals surface area contributed by atoms with E-state index in [-0.39, 0.29) is 29.6 Å². The molecule has 2 heterocycles. The zero-order chi connectivity index (χ0) is 23.7. The first-order chi connectivity index (χ1) is 16.5. The minimum Gasteiger partial charge on any atom is -0.664 e. The van der Waals surface area contributed by atoms with Gasteiger partial charge in [-0.25, -0.2) is 4.98 Å². The Bertz CT molecular complexity index is 1470. The number of nitrogens with zero attached hydrogens (tertiary/aromatic N) is 6. The Hall–Kier alpha value is -3.33. The first-order valence-electron chi connectivity index (χ1n) is 11.2. The van der Waals surface area contributed by atoms with Crippen molar-refractivity contribution in [3.8, 4) is 16.8 Å². The van der Waals surface area contributed by atoms with Gasteiger partial charge in [-0.05, 0) is 58.7 Å². The molecule has 0 aliphatic carbocycles. The van der Waals surface area contributed by atoms with Crippen molar-refractivity contribution in [1.29, 1.82) is 0 Å². The first-order valence-corrected chi connectivity index (χ1v) is 11.2. The van der Waals surface area contributed by atoms with E-state index in [2.05, 4.69) is 57.3 Å². The Balaban J connectivity index is 0.00000289. The molecule has 35 heavy (non-hydrogen) atoms. The fourth-order valence-corrected chi connectivity index (χ4v) is 4.32. The van der Waals surface area contributed by atoms with Gasteiger partial charge in [-0.1, -0.05) is 49.4 Å². The second kappa shape index (κ2) is 10.5. The molecule has 0 fully saturated rings. The third-order valence-electron chi connectivity index (χ3n) is 5.96. The summed E-state index contributed by atoms with van der Waals surface area (Å²) in [6.45, 7) is 4.71. The van der Waals surface area contributed by atoms with E-state index in [4.69, 9.17) is 10.7 Å². The maximum atomic E-state index is 11.8. The zero-order valence-corrected chi connectivity index (χ0v) is 22.1. The van der Waals surface area contributed by atoms with Gasteiger partial charge in [0.25, 0.3) is 0 Å². The number of nitrogens with one attached hydrogen (secondary N) is 1. The van der Waals surface area contributed by atoms with Gasteiger partial charge in [-0.3, -0.25) is 0 Å². The number of carbonyl (C=O) groups excluding carboxylic acids is 1. The predicted molar refractivity (Wildman–Crippen MR) is 131 cm³/mol. The molecule has 170 valence electrons. The van der Waals surface area contributed by atoms with Gasteiger partial charge in [-0.2, -0.15) is 4.68 Å². The molecule has 1 amide bonds. The number of rotatable bonds is 7. The van der Waals surface area contributed by atoms with Gasteiger partial charge in [-0.15, -0.1) is 5.10 Å². The van der Waals surface area contributed by atoms with Crippen LogP contribution in [0.4, 0.5) is 0 Å². The summed E-state index contributed by atoms with van der Waals surface area (Å²) in [5, 5.41) is 11.5. The number of carbonyl (C=O) groups is 1. The average Bonchev–Trinajstić information content (AvgIpc) is 3.49. The minimum atomic E-state index is -0.680. The normalized spacial score (nSPS) is 10.9. The van der Waals surface area contributed by atoms with Crippen LogP contribution in [0.5, 0.6) is 0 Å². The van der Waals surface area contributed by atoms with Crippen molar-refractivity contribution in [3.63, 3.8) is 0 Å². The van der Waals surface area contributed by atoms with Gasteiger partial charge >= 0.3 is 29.6 Å². The standard InChI is InChI=1S/C26H25N7O.Na/c1-3-6-24-29-25-17(2)13-20(26(27)34)14-23(25)32(24)15-18-9-11-19(12-10-18)21-7-4-5-8-22(21)33-16-28-30-31-33;/h4-5,7-14,16H,3,6,15H2,1-2H3,(H2,27,34);/q;+1/p-1. The number of hydrogen-bond acceptors (Lipinski definition) is 5. The zero-order valence-electron chi connectivity index (χ0n) is 20.1. The number of aromatic nitrogens is 6. The Morgan fingerprint density at radius 2 is 1.83 bits per heavy atom. The van der Waals surface area contributed by atoms with E-state index in [0.29, 0.717) is 12.1 Å². The predicted octanol–water partition coefficient (Wildman–Crippen LogP) is 2.18. The Labute approximate surface area is 225 Å². The van der Waals surface area contributed by atoms with Crippen molar-refractivity contribution in [3.05, 3.63) is 95.2 Å². The number of imidazole rings is 1. The maximum Gasteiger partial charge on any atom is 1.00 e. The fraction of sp³-hybridized carbons (Fsp3) is 0.192. The van der Waals surface area contributed by atoms with Crippen molar-refractivity contribution in [1.82, 2.24) is 29.8 Å². The molecule has 5 aromatic rings. The summed E-state index contributed by atoms with van der Waals surface area (Å²) in [7, 11) is 0. The quantitative estimate of drug-likeness (QED) is 0.337. The molecule has 2 aromatic heterocycles. The summed E-state index contributed by atoms with van der Waals surface area (Å²) >= 11 is 0. The fourth-order valence-electron chi connectivity index (χ4n) is 4.32. The molecule has 0 saturated heterocycles. The third-order valence-corrected chi connectivity index (χ3v) is 5.96. The van der Waals surface area contributed by atoms with Crippen molar-refractivity contribution < 1.29 is 34.4 Å². The molecular formula is C26H24N7NaO. The molecule has 0 bridgehead atoms. The number of para-hydroxylation sites is 1. The minimum absolute atomic E-state index is 0. The van der Waals surface area contributed by atoms with Crippen molar-refractivity contribution in [2.75, 3.05) is 0 Å². The van der Waals surface area contributed by atoms with Crippen molar-refractivity contribution in [2.24, 2.45) is 0 Å². The summed E-state index contributed by atoms with van der Waals surface area (Å²) in [5.41, 5.74) is 14.8. The SMILES string of the molecule is CCCc1nc2c(C)cc(C([NH-])=O)cc2n1Cc1ccc(-c2ccccc2-n2cnnn2)cc1.[Na+]. The molecule has 0 spiro atoms. The van der Waals surface area contributed by atoms with Gasteiger partial charge in [0.05, 0.1) is 22.6 Å². The number of tetrazole rings is 1. The number of benzene rings is 3. The third kappa shape index (κ3) is 4.91. The Kier molecular flexibility index (Phi) is 7.45. The number of aryl methyl sites for hydroxylation is 2. The maximum absolute atomic E-state index is 11.8. The van der Waals surface area contributed by atoms with Crippen LogP contribution < -0.4 is 29.6 Å². The van der Waals surface area contributed by atoms with Gasteiger partial charge in [0.1, 0.15) is 12.2 Å². The van der Waals surface area contributed by atoms with Gasteiger partial charge in [0.15, 0.2) is 0 Å². The van der Waals surface area contributed by atoms with Crippen LogP contribution in [0, 0.1) is 6.92 Å². The van der Waals surface area contributed by atoms with Gasteiger partial charge < -0.3 is 15.1 Å². The summed E-state index contributed by atoms with van der Waals surface area (Å²) in [4.78, 5) is 16.6. The van der Waals surface area contributed by atoms with Crippen LogP contribution in [-0.4, -0.2) is 35.7 Å². The van der Waals surface area contributed by atoms with E-state index in [1.54, 1.807) is 23.1 Å². The largest absolute Gasteiger partial charge is 1.00 e. The molecule has 1 N–H and O–H groups in total. The van der Waals surface area contributed by atoms with Crippen molar-refractivity contribution >= 4 is 16.9 Å². The van der Waals surface area contributed by atoms with Crippen LogP contribution in [0.2, 0.25) is 0 Å². The number of hydrogen-bond donors (Lipinski definition) is 0. The summed E-state index contributed by atoms with van der Waals surface area (Å²) in [6.07, 6.45) is 3.40. The molecule has 0 aliphatic rings. The molecule has 5 rings (SSSR count). The van der Waals surface area contributed by atoms with Crippen LogP contribution in [0.15, 0.2) is 67.0 Å². The van der Waals surface area contributed by atoms with E-state index < -0.39 is 5.91 Å². The molecule has 0 atom stereocenters. The monoisotopic (exact) mass is 473 g/mol. The smallest absolute Gasteiger partial charge is 0.664 e. The van der Waals surface area contributed by atoms with E-state index in [1.165, 1.54) is 0 Å². The molecule has 3 aromatic carbocycles. The summed E-state index contributed by atoms with van der Waals surface area (Å²) in [6, 6.07) is 20.0. The second-order valence-corrected chi connectivity index (χ2v) is 8.32. The summed E-state index contributed by atoms with van der Waals surface area (Å²) < 4.78 is 3.83. The van der Waals surface area contributed by atoms with E-state index in [0.717, 1.165) is 57.6 Å². The molecule has 0 saturated carbocycles. The molecular weight excluding hydrogens is 449 g/mol. The average molecular weight is 474 g/mol. The van der Waals surface area contributed by atoms with Gasteiger partial charge in [0, 0.05) is 24.1 Å². The number of fused-ring (bicyclic) bond motifs is 1. The summed E-state index contributed by atoms with van der Waals surface area (Å²) in [5.74, 6) is 0.309. The molecule has 8 nitrogen and oxygen atoms in total. The first kappa shape index (κ1) is 24.8. The molecule has 0 aliphatic heterocycles. The Morgan fingerprint density at radius 3 is 2.51 bits per heavy atom. The van der Waals surface area contributed by atoms with Crippen LogP contribution in [0.1, 0.15) is 40.7 Å². The second-order valence-electron chi connectivity index (χ2n) is 8.32. The van der Waals surface area contributed by atoms with E-state index in [1.807, 2.05) is 25.1 Å². The Morgan fingerprint density at radius 1 is 1.06 bits per heavy atom. The number of amides is 1. The molecule has 9 heteroatoms. The van der Waals surface area contributed by atoms with Crippen LogP contribution in [0.25, 0.3) is 33.6 Å². The van der Waals surface area contributed by atoms with Crippen molar-refractivity contribution in [2.45, 2.75) is 33.2 Å². The van der Waals surface area contributed by atoms with Crippen LogP contribution in [0.3, 0.4) is 0 Å². The molecule has 0 radical (unpaired) electrons.